The van der Waals surface area contributed by atoms with Gasteiger partial charge in [0.2, 0.25) is 5.30 Å². The summed E-state index contributed by atoms with van der Waals surface area (Å²) in [5.74, 6) is -0.667. The molecule has 45 heavy (non-hydrogen) atoms. The number of carbonyl (C=O) groups is 1. The van der Waals surface area contributed by atoms with Gasteiger partial charge in [0.15, 0.2) is 0 Å². The predicted octanol–water partition coefficient (Wildman–Crippen LogP) is 6.59. The molecule has 1 N–H and O–H groups in total. The van der Waals surface area contributed by atoms with Gasteiger partial charge in [-0.05, 0) is 37.1 Å². The van der Waals surface area contributed by atoms with Gasteiger partial charge in [0.25, 0.3) is 5.69 Å². The molecule has 0 radical (unpaired) electrons. The molecule has 2 heterocycles. The second kappa shape index (κ2) is 13.4. The number of nitro benzene ring substituents is 1. The number of nitrogens with zero attached hydrogens (tertiary/aromatic N) is 3. The van der Waals surface area contributed by atoms with E-state index in [9.17, 15) is 19.8 Å². The fourth-order valence-electron chi connectivity index (χ4n) is 5.29. The van der Waals surface area contributed by atoms with Crippen LogP contribution in [-0.4, -0.2) is 47.1 Å². The van der Waals surface area contributed by atoms with E-state index in [0.29, 0.717) is 30.0 Å². The molecular formula is C34H37N3O7P+. The minimum atomic E-state index is -3.73. The van der Waals surface area contributed by atoms with Gasteiger partial charge >= 0.3 is 13.9 Å². The first-order chi connectivity index (χ1) is 21.5. The van der Waals surface area contributed by atoms with Crippen molar-refractivity contribution in [3.63, 3.8) is 0 Å². The molecule has 234 valence electrons. The number of aromatic nitrogens is 1. The first-order valence-electron chi connectivity index (χ1n) is 14.7. The predicted molar refractivity (Wildman–Crippen MR) is 174 cm³/mol. The number of non-ortho nitro benzene ring substituents is 1. The summed E-state index contributed by atoms with van der Waals surface area (Å²) in [6.07, 6.45) is 0. The lowest BCUT2D eigenvalue weighted by molar-refractivity contribution is -0.384. The fourth-order valence-corrected chi connectivity index (χ4v) is 7.65. The van der Waals surface area contributed by atoms with Crippen LogP contribution in [0.5, 0.6) is 0 Å². The Kier molecular flexibility index (Phi) is 9.60. The molecule has 0 bridgehead atoms. The second-order valence-electron chi connectivity index (χ2n) is 11.8. The minimum absolute atomic E-state index is 0.0538. The molecule has 0 amide bonds. The second-order valence-corrected chi connectivity index (χ2v) is 13.8. The number of ether oxygens (including phenoxy) is 1. The number of para-hydroxylation sites is 1. The lowest BCUT2D eigenvalue weighted by Crippen LogP contribution is -2.36. The van der Waals surface area contributed by atoms with E-state index >= 15 is 0 Å². The highest BCUT2D eigenvalue weighted by Crippen LogP contribution is 2.62. The van der Waals surface area contributed by atoms with E-state index in [4.69, 9.17) is 13.8 Å². The summed E-state index contributed by atoms with van der Waals surface area (Å²) in [7, 11) is -3.73. The van der Waals surface area contributed by atoms with Crippen LogP contribution in [-0.2, 0) is 20.3 Å². The van der Waals surface area contributed by atoms with E-state index in [0.717, 1.165) is 11.3 Å². The minimum Gasteiger partial charge on any atom is -0.460 e. The van der Waals surface area contributed by atoms with Gasteiger partial charge in [-0.2, -0.15) is 13.9 Å². The molecule has 1 aliphatic rings. The molecule has 0 spiro atoms. The summed E-state index contributed by atoms with van der Waals surface area (Å²) < 4.78 is 17.9. The van der Waals surface area contributed by atoms with Gasteiger partial charge in [-0.25, -0.2) is 4.79 Å². The van der Waals surface area contributed by atoms with E-state index < -0.39 is 18.8 Å². The van der Waals surface area contributed by atoms with Gasteiger partial charge in [-0.15, -0.1) is 0 Å². The first-order valence-corrected chi connectivity index (χ1v) is 16.2. The number of anilines is 1. The number of rotatable bonds is 10. The van der Waals surface area contributed by atoms with E-state index in [1.54, 1.807) is 19.9 Å². The molecule has 10 nitrogen and oxygen atoms in total. The summed E-state index contributed by atoms with van der Waals surface area (Å²) in [6.45, 7) is 8.79. The van der Waals surface area contributed by atoms with Crippen LogP contribution < -0.4 is 10.2 Å². The molecule has 5 rings (SSSR count). The van der Waals surface area contributed by atoms with Crippen LogP contribution in [0, 0.1) is 29.4 Å². The first kappa shape index (κ1) is 32.2. The zero-order chi connectivity index (χ0) is 32.2. The Morgan fingerprint density at radius 3 is 2.29 bits per heavy atom. The van der Waals surface area contributed by atoms with Crippen molar-refractivity contribution in [2.24, 2.45) is 5.41 Å². The maximum absolute atomic E-state index is 13.9. The fraction of sp³-hybridized carbons (Fsp3) is 0.294. The largest absolute Gasteiger partial charge is 0.460 e. The monoisotopic (exact) mass is 630 g/mol. The average Bonchev–Trinajstić information content (AvgIpc) is 3.02. The van der Waals surface area contributed by atoms with Crippen molar-refractivity contribution in [3.8, 4) is 11.1 Å². The van der Waals surface area contributed by atoms with Gasteiger partial charge in [-0.3, -0.25) is 15.1 Å². The van der Waals surface area contributed by atoms with Gasteiger partial charge in [0, 0.05) is 29.8 Å². The van der Waals surface area contributed by atoms with Crippen molar-refractivity contribution < 1.29 is 28.4 Å². The Hall–Kier alpha value is -4.21. The Balaban J connectivity index is 1.51. The number of aryl methyl sites for hydroxylation is 2. The van der Waals surface area contributed by atoms with Crippen LogP contribution in [0.2, 0.25) is 0 Å². The lowest BCUT2D eigenvalue weighted by Gasteiger charge is -2.32. The van der Waals surface area contributed by atoms with Crippen LogP contribution in [0.15, 0.2) is 84.9 Å². The molecule has 0 unspecified atom stereocenters. The number of benzene rings is 3. The van der Waals surface area contributed by atoms with E-state index in [-0.39, 0.29) is 47.4 Å². The molecule has 0 saturated carbocycles. The molecule has 4 aromatic rings. The Morgan fingerprint density at radius 1 is 1.00 bits per heavy atom. The maximum Gasteiger partial charge on any atom is 0.448 e. The number of carbonyl (C=O) groups excluding carboxylic acids is 1. The van der Waals surface area contributed by atoms with E-state index in [1.165, 1.54) is 18.2 Å². The van der Waals surface area contributed by atoms with Crippen LogP contribution in [0.4, 0.5) is 11.4 Å². The highest BCUT2D eigenvalue weighted by molar-refractivity contribution is 7.69. The molecule has 1 aromatic heterocycles. The zero-order valence-electron chi connectivity index (χ0n) is 25.8. The Labute approximate surface area is 263 Å². The Morgan fingerprint density at radius 2 is 1.64 bits per heavy atom. The van der Waals surface area contributed by atoms with Crippen molar-refractivity contribution in [3.05, 3.63) is 118 Å². The van der Waals surface area contributed by atoms with Crippen molar-refractivity contribution in [2.45, 2.75) is 34.2 Å². The highest BCUT2D eigenvalue weighted by atomic mass is 31.2. The number of nitro groups is 1. The molecule has 3 aromatic carbocycles. The van der Waals surface area contributed by atoms with E-state index in [2.05, 4.69) is 9.88 Å². The summed E-state index contributed by atoms with van der Waals surface area (Å²) >= 11 is 0. The van der Waals surface area contributed by atoms with Crippen LogP contribution in [0.1, 0.15) is 41.2 Å². The molecule has 0 atom stereocenters. The third-order valence-electron chi connectivity index (χ3n) is 7.55. The van der Waals surface area contributed by atoms with Crippen LogP contribution >= 0.6 is 7.94 Å². The zero-order valence-corrected chi connectivity index (χ0v) is 26.7. The molecule has 1 aliphatic heterocycles. The standard InChI is InChI=1S/C34H37N3O7P/c1-24-30(33(38)42-19-18-36(28-15-9-6-10-16-28)21-26-12-7-5-8-13-26)31(27-14-11-17-29(20-27)37(39)40)32(25(2)35-24)45(41)43-22-34(3,4)23-44-45/h5-17,20,41H,18-19,21-23H2,1-4H3/q+1. The third-order valence-corrected chi connectivity index (χ3v) is 9.62. The maximum atomic E-state index is 13.9. The highest BCUT2D eigenvalue weighted by Gasteiger charge is 2.55. The molecular weight excluding hydrogens is 593 g/mol. The summed E-state index contributed by atoms with van der Waals surface area (Å²) in [4.78, 5) is 43.7. The topological polar surface area (TPSA) is 124 Å². The Bertz CT molecular complexity index is 1670. The van der Waals surface area contributed by atoms with Crippen LogP contribution in [0.25, 0.3) is 11.1 Å². The van der Waals surface area contributed by atoms with Gasteiger partial charge < -0.3 is 9.64 Å². The van der Waals surface area contributed by atoms with Crippen molar-refractivity contribution in [1.82, 2.24) is 4.98 Å². The average molecular weight is 631 g/mol. The smallest absolute Gasteiger partial charge is 0.448 e. The molecule has 1 saturated heterocycles. The third kappa shape index (κ3) is 7.37. The van der Waals surface area contributed by atoms with Gasteiger partial charge in [0.1, 0.15) is 19.8 Å². The SMILES string of the molecule is Cc1nc(C)c([P+]2(O)OCC(C)(C)CO2)c(-c2cccc([N+](=O)[O-])c2)c1C(=O)OCCN(Cc1ccccc1)c1ccccc1. The van der Waals surface area contributed by atoms with E-state index in [1.807, 2.05) is 74.5 Å². The lowest BCUT2D eigenvalue weighted by atomic mass is 9.97. The number of pyridine rings is 1. The summed E-state index contributed by atoms with van der Waals surface area (Å²) in [6, 6.07) is 25.8. The quantitative estimate of drug-likeness (QED) is 0.0894. The number of esters is 1. The molecule has 0 aliphatic carbocycles. The van der Waals surface area contributed by atoms with Crippen LogP contribution in [0.3, 0.4) is 0 Å². The van der Waals surface area contributed by atoms with Gasteiger partial charge in [-0.1, -0.05) is 74.5 Å². The molecule has 11 heteroatoms. The van der Waals surface area contributed by atoms with Crippen molar-refractivity contribution >= 4 is 30.6 Å². The number of hydrogen-bond donors (Lipinski definition) is 1. The molecule has 1 fully saturated rings. The van der Waals surface area contributed by atoms with Crippen molar-refractivity contribution in [1.29, 1.82) is 0 Å². The normalized spacial score (nSPS) is 15.3. The number of hydrogen-bond acceptors (Lipinski definition) is 9. The summed E-state index contributed by atoms with van der Waals surface area (Å²) in [5.41, 5.74) is 3.04. The van der Waals surface area contributed by atoms with Crippen molar-refractivity contribution in [2.75, 3.05) is 31.3 Å². The summed E-state index contributed by atoms with van der Waals surface area (Å²) in [5, 5.41) is 11.9. The van der Waals surface area contributed by atoms with Gasteiger partial charge in [0.05, 0.1) is 34.0 Å².